The first-order valence-electron chi connectivity index (χ1n) is 9.12. The molecule has 29 heavy (non-hydrogen) atoms. The Morgan fingerprint density at radius 3 is 2.31 bits per heavy atom. The van der Waals surface area contributed by atoms with Crippen LogP contribution in [0.5, 0.6) is 0 Å². The minimum absolute atomic E-state index is 0.0524. The van der Waals surface area contributed by atoms with Crippen LogP contribution in [0, 0.1) is 13.8 Å². The van der Waals surface area contributed by atoms with Gasteiger partial charge in [0, 0.05) is 16.7 Å². The number of rotatable bonds is 3. The number of hydrogen-bond donors (Lipinski definition) is 0. The molecule has 0 amide bonds. The number of halogens is 1. The SMILES string of the molecule is Cc1ccc(C)c(COC(=O)c2ccc3c(c2Cl)C(=O)c2ccccc2C3=O)c1. The first-order chi connectivity index (χ1) is 13.9. The van der Waals surface area contributed by atoms with Gasteiger partial charge in [0.15, 0.2) is 11.6 Å². The third-order valence-electron chi connectivity index (χ3n) is 5.11. The second-order valence-corrected chi connectivity index (χ2v) is 7.44. The van der Waals surface area contributed by atoms with Crippen LogP contribution in [-0.2, 0) is 11.3 Å². The summed E-state index contributed by atoms with van der Waals surface area (Å²) in [6, 6.07) is 15.4. The zero-order valence-electron chi connectivity index (χ0n) is 15.9. The lowest BCUT2D eigenvalue weighted by atomic mass is 9.83. The maximum Gasteiger partial charge on any atom is 0.340 e. The average molecular weight is 405 g/mol. The van der Waals surface area contributed by atoms with Crippen LogP contribution in [0.4, 0.5) is 0 Å². The molecule has 0 bridgehead atoms. The fraction of sp³-hybridized carbons (Fsp3) is 0.125. The molecule has 0 saturated carbocycles. The molecule has 3 aromatic rings. The molecule has 4 rings (SSSR count). The molecule has 1 aliphatic carbocycles. The van der Waals surface area contributed by atoms with E-state index in [1.165, 1.54) is 12.1 Å². The van der Waals surface area contributed by atoms with E-state index in [0.717, 1.165) is 16.7 Å². The molecule has 0 heterocycles. The van der Waals surface area contributed by atoms with Gasteiger partial charge in [-0.25, -0.2) is 4.79 Å². The van der Waals surface area contributed by atoms with Crippen molar-refractivity contribution in [2.24, 2.45) is 0 Å². The Morgan fingerprint density at radius 1 is 0.897 bits per heavy atom. The highest BCUT2D eigenvalue weighted by molar-refractivity contribution is 6.41. The zero-order chi connectivity index (χ0) is 20.7. The Balaban J connectivity index is 1.66. The molecule has 0 atom stereocenters. The number of esters is 1. The molecule has 0 radical (unpaired) electrons. The van der Waals surface area contributed by atoms with Crippen molar-refractivity contribution in [1.29, 1.82) is 0 Å². The highest BCUT2D eigenvalue weighted by atomic mass is 35.5. The topological polar surface area (TPSA) is 60.4 Å². The molecular formula is C24H17ClO4. The van der Waals surface area contributed by atoms with E-state index in [-0.39, 0.29) is 45.4 Å². The van der Waals surface area contributed by atoms with E-state index in [0.29, 0.717) is 5.56 Å². The van der Waals surface area contributed by atoms with E-state index < -0.39 is 5.97 Å². The van der Waals surface area contributed by atoms with Crippen LogP contribution in [0.25, 0.3) is 0 Å². The summed E-state index contributed by atoms with van der Waals surface area (Å²) in [5.74, 6) is -1.30. The molecule has 4 nitrogen and oxygen atoms in total. The summed E-state index contributed by atoms with van der Waals surface area (Å²) in [6.45, 7) is 4.00. The van der Waals surface area contributed by atoms with Gasteiger partial charge in [-0.1, -0.05) is 59.6 Å². The van der Waals surface area contributed by atoms with Gasteiger partial charge in [0.2, 0.25) is 0 Å². The van der Waals surface area contributed by atoms with Gasteiger partial charge in [-0.05, 0) is 37.1 Å². The standard InChI is InChI=1S/C24H17ClO4/c1-13-7-8-14(2)15(11-13)12-29-24(28)19-10-9-18-20(21(19)25)23(27)17-6-4-3-5-16(17)22(18)26/h3-11H,12H2,1-2H3. The average Bonchev–Trinajstić information content (AvgIpc) is 2.72. The molecule has 0 aromatic heterocycles. The van der Waals surface area contributed by atoms with Crippen LogP contribution in [0.3, 0.4) is 0 Å². The third kappa shape index (κ3) is 3.26. The number of fused-ring (bicyclic) bond motifs is 2. The van der Waals surface area contributed by atoms with Crippen LogP contribution < -0.4 is 0 Å². The number of carbonyl (C=O) groups is 3. The third-order valence-corrected chi connectivity index (χ3v) is 5.51. The normalized spacial score (nSPS) is 12.4. The molecule has 3 aromatic carbocycles. The number of hydrogen-bond acceptors (Lipinski definition) is 4. The summed E-state index contributed by atoms with van der Waals surface area (Å²) in [6.07, 6.45) is 0. The maximum absolute atomic E-state index is 12.9. The second kappa shape index (κ2) is 7.30. The number of ether oxygens (including phenoxy) is 1. The number of carbonyl (C=O) groups excluding carboxylic acids is 3. The molecule has 1 aliphatic rings. The van der Waals surface area contributed by atoms with Crippen LogP contribution in [0.15, 0.2) is 54.6 Å². The highest BCUT2D eigenvalue weighted by Gasteiger charge is 2.33. The van der Waals surface area contributed by atoms with E-state index in [1.54, 1.807) is 24.3 Å². The molecule has 0 N–H and O–H groups in total. The molecule has 0 fully saturated rings. The van der Waals surface area contributed by atoms with Crippen molar-refractivity contribution in [2.75, 3.05) is 0 Å². The first-order valence-corrected chi connectivity index (χ1v) is 9.50. The number of aryl methyl sites for hydroxylation is 2. The fourth-order valence-electron chi connectivity index (χ4n) is 3.48. The summed E-state index contributed by atoms with van der Waals surface area (Å²) in [5, 5.41) is -0.0543. The molecule has 0 saturated heterocycles. The predicted molar refractivity (Wildman–Crippen MR) is 110 cm³/mol. The summed E-state index contributed by atoms with van der Waals surface area (Å²) >= 11 is 6.41. The minimum Gasteiger partial charge on any atom is -0.457 e. The van der Waals surface area contributed by atoms with Gasteiger partial charge < -0.3 is 4.74 Å². The first kappa shape index (κ1) is 19.1. The van der Waals surface area contributed by atoms with E-state index in [2.05, 4.69) is 0 Å². The van der Waals surface area contributed by atoms with Crippen LogP contribution in [0.1, 0.15) is 58.9 Å². The summed E-state index contributed by atoms with van der Waals surface area (Å²) < 4.78 is 5.43. The summed E-state index contributed by atoms with van der Waals surface area (Å²) in [7, 11) is 0. The predicted octanol–water partition coefficient (Wildman–Crippen LogP) is 5.09. The lowest BCUT2D eigenvalue weighted by molar-refractivity contribution is 0.0472. The number of benzene rings is 3. The van der Waals surface area contributed by atoms with Crippen molar-refractivity contribution in [3.05, 3.63) is 104 Å². The number of ketones is 2. The van der Waals surface area contributed by atoms with Gasteiger partial charge in [-0.3, -0.25) is 9.59 Å². The molecule has 5 heteroatoms. The Hall–Kier alpha value is -3.24. The van der Waals surface area contributed by atoms with Gasteiger partial charge in [-0.15, -0.1) is 0 Å². The van der Waals surface area contributed by atoms with Crippen LogP contribution in [0.2, 0.25) is 5.02 Å². The Bertz CT molecular complexity index is 1190. The molecule has 144 valence electrons. The van der Waals surface area contributed by atoms with E-state index in [4.69, 9.17) is 16.3 Å². The van der Waals surface area contributed by atoms with E-state index in [1.807, 2.05) is 32.0 Å². The molecule has 0 unspecified atom stereocenters. The summed E-state index contributed by atoms with van der Waals surface area (Å²) in [5.41, 5.74) is 3.91. The molecular weight excluding hydrogens is 388 g/mol. The zero-order valence-corrected chi connectivity index (χ0v) is 16.7. The van der Waals surface area contributed by atoms with Crippen molar-refractivity contribution in [1.82, 2.24) is 0 Å². The Morgan fingerprint density at radius 2 is 1.59 bits per heavy atom. The van der Waals surface area contributed by atoms with Gasteiger partial charge in [0.1, 0.15) is 6.61 Å². The van der Waals surface area contributed by atoms with Gasteiger partial charge in [0.05, 0.1) is 16.1 Å². The van der Waals surface area contributed by atoms with Gasteiger partial charge in [0.25, 0.3) is 0 Å². The summed E-state index contributed by atoms with van der Waals surface area (Å²) in [4.78, 5) is 38.3. The van der Waals surface area contributed by atoms with Crippen molar-refractivity contribution in [3.63, 3.8) is 0 Å². The second-order valence-electron chi connectivity index (χ2n) is 7.06. The van der Waals surface area contributed by atoms with Crippen LogP contribution >= 0.6 is 11.6 Å². The highest BCUT2D eigenvalue weighted by Crippen LogP contribution is 2.34. The van der Waals surface area contributed by atoms with Crippen molar-refractivity contribution >= 4 is 29.1 Å². The lowest BCUT2D eigenvalue weighted by Crippen LogP contribution is -2.22. The Kier molecular flexibility index (Phi) is 4.81. The van der Waals surface area contributed by atoms with E-state index >= 15 is 0 Å². The van der Waals surface area contributed by atoms with Crippen molar-refractivity contribution in [2.45, 2.75) is 20.5 Å². The van der Waals surface area contributed by atoms with E-state index in [9.17, 15) is 14.4 Å². The van der Waals surface area contributed by atoms with Crippen molar-refractivity contribution in [3.8, 4) is 0 Å². The lowest BCUT2D eigenvalue weighted by Gasteiger charge is -2.19. The Labute approximate surface area is 173 Å². The molecule has 0 aliphatic heterocycles. The largest absolute Gasteiger partial charge is 0.457 e. The smallest absolute Gasteiger partial charge is 0.340 e. The molecule has 0 spiro atoms. The van der Waals surface area contributed by atoms with Gasteiger partial charge >= 0.3 is 5.97 Å². The maximum atomic E-state index is 12.9. The van der Waals surface area contributed by atoms with Crippen molar-refractivity contribution < 1.29 is 19.1 Å². The fourth-order valence-corrected chi connectivity index (χ4v) is 3.81. The monoisotopic (exact) mass is 404 g/mol. The van der Waals surface area contributed by atoms with Crippen LogP contribution in [-0.4, -0.2) is 17.5 Å². The quantitative estimate of drug-likeness (QED) is 0.446. The minimum atomic E-state index is -0.641. The van der Waals surface area contributed by atoms with Gasteiger partial charge in [-0.2, -0.15) is 0 Å².